The van der Waals surface area contributed by atoms with E-state index < -0.39 is 0 Å². The SMILES string of the molecule is NCc1c(O)cccc1OCC1CC(N)CN1. The van der Waals surface area contributed by atoms with E-state index in [1.807, 2.05) is 6.07 Å². The van der Waals surface area contributed by atoms with Crippen LogP contribution in [0.15, 0.2) is 18.2 Å². The average molecular weight is 237 g/mol. The molecule has 0 aromatic heterocycles. The van der Waals surface area contributed by atoms with Crippen molar-refractivity contribution in [3.63, 3.8) is 0 Å². The maximum atomic E-state index is 9.63. The molecule has 5 heteroatoms. The molecule has 2 rings (SSSR count). The van der Waals surface area contributed by atoms with Crippen molar-refractivity contribution < 1.29 is 9.84 Å². The Bertz CT molecular complexity index is 384. The van der Waals surface area contributed by atoms with Crippen molar-refractivity contribution in [1.29, 1.82) is 0 Å². The molecule has 5 nitrogen and oxygen atoms in total. The van der Waals surface area contributed by atoms with Gasteiger partial charge in [0.1, 0.15) is 18.1 Å². The van der Waals surface area contributed by atoms with Crippen LogP contribution in [0.5, 0.6) is 11.5 Å². The van der Waals surface area contributed by atoms with Crippen LogP contribution in [0.4, 0.5) is 0 Å². The number of ether oxygens (including phenoxy) is 1. The van der Waals surface area contributed by atoms with Gasteiger partial charge in [-0.1, -0.05) is 6.07 Å². The van der Waals surface area contributed by atoms with Crippen molar-refractivity contribution in [3.8, 4) is 11.5 Å². The van der Waals surface area contributed by atoms with E-state index in [1.54, 1.807) is 12.1 Å². The van der Waals surface area contributed by atoms with Gasteiger partial charge >= 0.3 is 0 Å². The third-order valence-corrected chi connectivity index (χ3v) is 3.01. The fourth-order valence-electron chi connectivity index (χ4n) is 2.06. The number of benzene rings is 1. The molecular formula is C12H19N3O2. The number of rotatable bonds is 4. The van der Waals surface area contributed by atoms with Crippen LogP contribution < -0.4 is 21.5 Å². The summed E-state index contributed by atoms with van der Waals surface area (Å²) in [5.41, 5.74) is 12.0. The summed E-state index contributed by atoms with van der Waals surface area (Å²) in [5, 5.41) is 12.9. The normalized spacial score (nSPS) is 23.9. The Balaban J connectivity index is 1.97. The molecule has 1 aromatic carbocycles. The third-order valence-electron chi connectivity index (χ3n) is 3.01. The number of aromatic hydroxyl groups is 1. The molecule has 0 spiro atoms. The van der Waals surface area contributed by atoms with E-state index in [4.69, 9.17) is 16.2 Å². The summed E-state index contributed by atoms with van der Waals surface area (Å²) in [7, 11) is 0. The minimum Gasteiger partial charge on any atom is -0.507 e. The lowest BCUT2D eigenvalue weighted by Gasteiger charge is -2.15. The minimum atomic E-state index is 0.182. The van der Waals surface area contributed by atoms with Crippen molar-refractivity contribution in [1.82, 2.24) is 5.32 Å². The van der Waals surface area contributed by atoms with Gasteiger partial charge in [-0.2, -0.15) is 0 Å². The van der Waals surface area contributed by atoms with Crippen LogP contribution in [0.25, 0.3) is 0 Å². The van der Waals surface area contributed by atoms with Gasteiger partial charge in [0.05, 0.1) is 0 Å². The van der Waals surface area contributed by atoms with E-state index in [1.165, 1.54) is 0 Å². The Kier molecular flexibility index (Phi) is 3.83. The third kappa shape index (κ3) is 2.88. The molecule has 2 atom stereocenters. The van der Waals surface area contributed by atoms with E-state index in [2.05, 4.69) is 5.32 Å². The first-order chi connectivity index (χ1) is 8.20. The first-order valence-electron chi connectivity index (χ1n) is 5.83. The molecule has 0 amide bonds. The van der Waals surface area contributed by atoms with Gasteiger partial charge in [-0.15, -0.1) is 0 Å². The summed E-state index contributed by atoms with van der Waals surface area (Å²) in [6.07, 6.45) is 0.913. The summed E-state index contributed by atoms with van der Waals surface area (Å²) < 4.78 is 5.68. The molecule has 1 heterocycles. The van der Waals surface area contributed by atoms with Gasteiger partial charge < -0.3 is 26.6 Å². The molecule has 1 aromatic rings. The van der Waals surface area contributed by atoms with Gasteiger partial charge in [0.2, 0.25) is 0 Å². The maximum absolute atomic E-state index is 9.63. The molecule has 0 aliphatic carbocycles. The first kappa shape index (κ1) is 12.2. The summed E-state index contributed by atoms with van der Waals surface area (Å²) in [5.74, 6) is 0.829. The molecule has 0 radical (unpaired) electrons. The summed E-state index contributed by atoms with van der Waals surface area (Å²) in [4.78, 5) is 0. The van der Waals surface area contributed by atoms with Gasteiger partial charge in [0.15, 0.2) is 0 Å². The molecule has 1 aliphatic heterocycles. The highest BCUT2D eigenvalue weighted by atomic mass is 16.5. The summed E-state index contributed by atoms with van der Waals surface area (Å²) >= 11 is 0. The number of nitrogens with two attached hydrogens (primary N) is 2. The zero-order chi connectivity index (χ0) is 12.3. The van der Waals surface area contributed by atoms with Gasteiger partial charge in [0, 0.05) is 30.7 Å². The second-order valence-electron chi connectivity index (χ2n) is 4.37. The minimum absolute atomic E-state index is 0.182. The zero-order valence-electron chi connectivity index (χ0n) is 9.73. The summed E-state index contributed by atoms with van der Waals surface area (Å²) in [6, 6.07) is 5.66. The second-order valence-corrected chi connectivity index (χ2v) is 4.37. The van der Waals surface area contributed by atoms with Gasteiger partial charge in [-0.05, 0) is 18.6 Å². The second kappa shape index (κ2) is 5.35. The zero-order valence-corrected chi connectivity index (χ0v) is 9.73. The van der Waals surface area contributed by atoms with Gasteiger partial charge in [-0.25, -0.2) is 0 Å². The quantitative estimate of drug-likeness (QED) is 0.587. The lowest BCUT2D eigenvalue weighted by atomic mass is 10.1. The van der Waals surface area contributed by atoms with Crippen LogP contribution in [0, 0.1) is 0 Å². The van der Waals surface area contributed by atoms with Crippen LogP contribution in [0.3, 0.4) is 0 Å². The predicted molar refractivity (Wildman–Crippen MR) is 65.9 cm³/mol. The van der Waals surface area contributed by atoms with E-state index in [0.717, 1.165) is 13.0 Å². The summed E-state index contributed by atoms with van der Waals surface area (Å²) in [6.45, 7) is 1.64. The fourth-order valence-corrected chi connectivity index (χ4v) is 2.06. The Morgan fingerprint density at radius 2 is 2.29 bits per heavy atom. The highest BCUT2D eigenvalue weighted by Gasteiger charge is 2.21. The van der Waals surface area contributed by atoms with Gasteiger partial charge in [-0.3, -0.25) is 0 Å². The van der Waals surface area contributed by atoms with Crippen molar-refractivity contribution in [2.24, 2.45) is 11.5 Å². The highest BCUT2D eigenvalue weighted by Crippen LogP contribution is 2.27. The van der Waals surface area contributed by atoms with E-state index in [9.17, 15) is 5.11 Å². The van der Waals surface area contributed by atoms with E-state index in [-0.39, 0.29) is 24.4 Å². The monoisotopic (exact) mass is 237 g/mol. The molecule has 94 valence electrons. The maximum Gasteiger partial charge on any atom is 0.127 e. The first-order valence-corrected chi connectivity index (χ1v) is 5.83. The van der Waals surface area contributed by atoms with E-state index >= 15 is 0 Å². The van der Waals surface area contributed by atoms with Crippen LogP contribution in [-0.2, 0) is 6.54 Å². The Morgan fingerprint density at radius 3 is 2.94 bits per heavy atom. The molecular weight excluding hydrogens is 218 g/mol. The molecule has 6 N–H and O–H groups in total. The Labute approximate surface area is 101 Å². The molecule has 1 saturated heterocycles. The Morgan fingerprint density at radius 1 is 1.47 bits per heavy atom. The molecule has 0 saturated carbocycles. The van der Waals surface area contributed by atoms with Crippen molar-refractivity contribution in [2.45, 2.75) is 25.0 Å². The molecule has 2 unspecified atom stereocenters. The lowest BCUT2D eigenvalue weighted by Crippen LogP contribution is -2.28. The lowest BCUT2D eigenvalue weighted by molar-refractivity contribution is 0.272. The molecule has 0 bridgehead atoms. The number of nitrogens with one attached hydrogen (secondary N) is 1. The average Bonchev–Trinajstić information content (AvgIpc) is 2.72. The molecule has 17 heavy (non-hydrogen) atoms. The number of phenols is 1. The van der Waals surface area contributed by atoms with Crippen LogP contribution >= 0.6 is 0 Å². The van der Waals surface area contributed by atoms with E-state index in [0.29, 0.717) is 17.9 Å². The molecule has 1 fully saturated rings. The van der Waals surface area contributed by atoms with Crippen molar-refractivity contribution in [3.05, 3.63) is 23.8 Å². The van der Waals surface area contributed by atoms with Crippen LogP contribution in [-0.4, -0.2) is 30.3 Å². The van der Waals surface area contributed by atoms with Crippen molar-refractivity contribution in [2.75, 3.05) is 13.2 Å². The van der Waals surface area contributed by atoms with Crippen LogP contribution in [0.2, 0.25) is 0 Å². The fraction of sp³-hybridized carbons (Fsp3) is 0.500. The number of hydrogen-bond donors (Lipinski definition) is 4. The molecule has 1 aliphatic rings. The largest absolute Gasteiger partial charge is 0.507 e. The smallest absolute Gasteiger partial charge is 0.127 e. The van der Waals surface area contributed by atoms with Crippen LogP contribution in [0.1, 0.15) is 12.0 Å². The van der Waals surface area contributed by atoms with Gasteiger partial charge in [0.25, 0.3) is 0 Å². The van der Waals surface area contributed by atoms with Crippen molar-refractivity contribution >= 4 is 0 Å². The Hall–Kier alpha value is -1.30. The topological polar surface area (TPSA) is 93.5 Å². The predicted octanol–water partition coefficient (Wildman–Crippen LogP) is -0.0811. The number of hydrogen-bond acceptors (Lipinski definition) is 5. The standard InChI is InChI=1S/C12H19N3O2/c13-5-10-11(16)2-1-3-12(10)17-7-9-4-8(14)6-15-9/h1-3,8-9,15-16H,4-7,13-14H2. The number of phenolic OH excluding ortho intramolecular Hbond substituents is 1. The highest BCUT2D eigenvalue weighted by molar-refractivity contribution is 5.43.